The molecule has 5 heteroatoms. The van der Waals surface area contributed by atoms with Gasteiger partial charge in [-0.3, -0.25) is 4.79 Å². The van der Waals surface area contributed by atoms with Crippen LogP contribution >= 0.6 is 11.6 Å². The topological polar surface area (TPSA) is 51.2 Å². The maximum atomic E-state index is 11.7. The van der Waals surface area contributed by atoms with E-state index in [-0.39, 0.29) is 12.0 Å². The molecule has 1 aliphatic heterocycles. The molecule has 0 spiro atoms. The minimum absolute atomic E-state index is 0.139. The van der Waals surface area contributed by atoms with E-state index in [0.29, 0.717) is 17.3 Å². The van der Waals surface area contributed by atoms with Crippen molar-refractivity contribution in [3.63, 3.8) is 0 Å². The Morgan fingerprint density at radius 1 is 1.69 bits per heavy atom. The lowest BCUT2D eigenvalue weighted by Crippen LogP contribution is -2.31. The van der Waals surface area contributed by atoms with E-state index in [1.165, 1.54) is 6.20 Å². The summed E-state index contributed by atoms with van der Waals surface area (Å²) in [5, 5.41) is 3.14. The first-order chi connectivity index (χ1) is 7.75. The molecule has 2 rings (SSSR count). The molecule has 0 radical (unpaired) electrons. The summed E-state index contributed by atoms with van der Waals surface area (Å²) in [6, 6.07) is 3.18. The number of halogens is 1. The number of ether oxygens (including phenoxy) is 1. The van der Waals surface area contributed by atoms with Crippen molar-refractivity contribution in [3.8, 4) is 0 Å². The van der Waals surface area contributed by atoms with Crippen molar-refractivity contribution >= 4 is 17.5 Å². The lowest BCUT2D eigenvalue weighted by atomic mass is 10.2. The van der Waals surface area contributed by atoms with Crippen LogP contribution in [0, 0.1) is 0 Å². The van der Waals surface area contributed by atoms with Crippen LogP contribution in [-0.4, -0.2) is 30.1 Å². The molecule has 0 aromatic carbocycles. The monoisotopic (exact) mass is 240 g/mol. The fraction of sp³-hybridized carbons (Fsp3) is 0.455. The van der Waals surface area contributed by atoms with Gasteiger partial charge in [-0.25, -0.2) is 4.98 Å². The maximum absolute atomic E-state index is 11.7. The Morgan fingerprint density at radius 3 is 3.25 bits per heavy atom. The van der Waals surface area contributed by atoms with Crippen molar-refractivity contribution < 1.29 is 9.53 Å². The highest BCUT2D eigenvalue weighted by Gasteiger charge is 2.16. The molecule has 0 aliphatic carbocycles. The highest BCUT2D eigenvalue weighted by molar-refractivity contribution is 6.29. The zero-order valence-corrected chi connectivity index (χ0v) is 9.54. The summed E-state index contributed by atoms with van der Waals surface area (Å²) in [7, 11) is 0. The number of carbonyl (C=O) groups excluding carboxylic acids is 1. The molecule has 1 saturated heterocycles. The quantitative estimate of drug-likeness (QED) is 0.818. The van der Waals surface area contributed by atoms with Crippen molar-refractivity contribution in [1.82, 2.24) is 10.3 Å². The molecule has 1 fully saturated rings. The Bertz CT molecular complexity index is 378. The summed E-state index contributed by atoms with van der Waals surface area (Å²) in [4.78, 5) is 15.5. The van der Waals surface area contributed by atoms with Gasteiger partial charge in [0, 0.05) is 24.9 Å². The van der Waals surface area contributed by atoms with Crippen LogP contribution in [-0.2, 0) is 4.74 Å². The van der Waals surface area contributed by atoms with E-state index < -0.39 is 0 Å². The molecule has 0 saturated carbocycles. The van der Waals surface area contributed by atoms with Crippen LogP contribution in [0.1, 0.15) is 23.2 Å². The molecule has 86 valence electrons. The predicted molar refractivity (Wildman–Crippen MR) is 60.6 cm³/mol. The molecule has 4 nitrogen and oxygen atoms in total. The largest absolute Gasteiger partial charge is 0.376 e. The van der Waals surface area contributed by atoms with Crippen LogP contribution in [0.3, 0.4) is 0 Å². The third-order valence-electron chi connectivity index (χ3n) is 2.50. The molecule has 0 unspecified atom stereocenters. The number of amides is 1. The second-order valence-corrected chi connectivity index (χ2v) is 4.10. The Kier molecular flexibility index (Phi) is 3.74. The number of aromatic nitrogens is 1. The molecular formula is C11H13ClN2O2. The maximum Gasteiger partial charge on any atom is 0.251 e. The Hall–Kier alpha value is -1.13. The number of hydrogen-bond donors (Lipinski definition) is 1. The summed E-state index contributed by atoms with van der Waals surface area (Å²) in [5.41, 5.74) is 0.526. The standard InChI is InChI=1S/C11H13ClN2O2/c12-10-6-8(3-4-13-10)11(15)14-7-9-2-1-5-16-9/h3-4,6,9H,1-2,5,7H2,(H,14,15)/t9-/m1/s1. The van der Waals surface area contributed by atoms with E-state index >= 15 is 0 Å². The fourth-order valence-corrected chi connectivity index (χ4v) is 1.83. The molecule has 1 atom stereocenters. The van der Waals surface area contributed by atoms with Gasteiger partial charge in [-0.1, -0.05) is 11.6 Å². The van der Waals surface area contributed by atoms with Gasteiger partial charge in [-0.15, -0.1) is 0 Å². The highest BCUT2D eigenvalue weighted by atomic mass is 35.5. The van der Waals surface area contributed by atoms with Crippen LogP contribution in [0.15, 0.2) is 18.3 Å². The van der Waals surface area contributed by atoms with E-state index in [4.69, 9.17) is 16.3 Å². The van der Waals surface area contributed by atoms with Gasteiger partial charge in [-0.2, -0.15) is 0 Å². The van der Waals surface area contributed by atoms with Crippen LogP contribution < -0.4 is 5.32 Å². The number of nitrogens with one attached hydrogen (secondary N) is 1. The van der Waals surface area contributed by atoms with E-state index in [2.05, 4.69) is 10.3 Å². The summed E-state index contributed by atoms with van der Waals surface area (Å²) in [6.45, 7) is 1.35. The second-order valence-electron chi connectivity index (χ2n) is 3.71. The summed E-state index contributed by atoms with van der Waals surface area (Å²) >= 11 is 5.70. The molecule has 1 aliphatic rings. The zero-order chi connectivity index (χ0) is 11.4. The lowest BCUT2D eigenvalue weighted by Gasteiger charge is -2.10. The second kappa shape index (κ2) is 5.27. The van der Waals surface area contributed by atoms with Crippen LogP contribution in [0.4, 0.5) is 0 Å². The first kappa shape index (κ1) is 11.4. The van der Waals surface area contributed by atoms with Crippen LogP contribution in [0.5, 0.6) is 0 Å². The van der Waals surface area contributed by atoms with Gasteiger partial charge in [0.25, 0.3) is 5.91 Å². The number of nitrogens with zero attached hydrogens (tertiary/aromatic N) is 1. The Balaban J connectivity index is 1.87. The lowest BCUT2D eigenvalue weighted by molar-refractivity contribution is 0.0857. The molecule has 1 amide bonds. The summed E-state index contributed by atoms with van der Waals surface area (Å²) < 4.78 is 5.41. The van der Waals surface area contributed by atoms with Gasteiger partial charge in [0.2, 0.25) is 0 Å². The van der Waals surface area contributed by atoms with Gasteiger partial charge in [0.15, 0.2) is 0 Å². The predicted octanol–water partition coefficient (Wildman–Crippen LogP) is 1.64. The number of rotatable bonds is 3. The van der Waals surface area contributed by atoms with Crippen molar-refractivity contribution in [1.29, 1.82) is 0 Å². The third-order valence-corrected chi connectivity index (χ3v) is 2.71. The van der Waals surface area contributed by atoms with Crippen LogP contribution in [0.2, 0.25) is 5.15 Å². The number of hydrogen-bond acceptors (Lipinski definition) is 3. The van der Waals surface area contributed by atoms with E-state index in [1.54, 1.807) is 12.1 Å². The van der Waals surface area contributed by atoms with E-state index in [9.17, 15) is 4.79 Å². The molecule has 1 aromatic rings. The molecule has 16 heavy (non-hydrogen) atoms. The number of carbonyl (C=O) groups is 1. The van der Waals surface area contributed by atoms with Crippen molar-refractivity contribution in [2.75, 3.05) is 13.2 Å². The summed E-state index contributed by atoms with van der Waals surface area (Å²) in [6.07, 6.45) is 3.75. The first-order valence-corrected chi connectivity index (χ1v) is 5.65. The van der Waals surface area contributed by atoms with Crippen LogP contribution in [0.25, 0.3) is 0 Å². The molecule has 2 heterocycles. The van der Waals surface area contributed by atoms with Gasteiger partial charge >= 0.3 is 0 Å². The highest BCUT2D eigenvalue weighted by Crippen LogP contribution is 2.11. The fourth-order valence-electron chi connectivity index (χ4n) is 1.66. The van der Waals surface area contributed by atoms with Gasteiger partial charge < -0.3 is 10.1 Å². The van der Waals surface area contributed by atoms with Gasteiger partial charge in [-0.05, 0) is 25.0 Å². The average molecular weight is 241 g/mol. The first-order valence-electron chi connectivity index (χ1n) is 5.27. The SMILES string of the molecule is O=C(NC[C@H]1CCCO1)c1ccnc(Cl)c1. The van der Waals surface area contributed by atoms with Crippen molar-refractivity contribution in [2.24, 2.45) is 0 Å². The third kappa shape index (κ3) is 2.93. The smallest absolute Gasteiger partial charge is 0.251 e. The van der Waals surface area contributed by atoms with Crippen molar-refractivity contribution in [3.05, 3.63) is 29.0 Å². The zero-order valence-electron chi connectivity index (χ0n) is 8.78. The molecule has 1 N–H and O–H groups in total. The van der Waals surface area contributed by atoms with E-state index in [0.717, 1.165) is 19.4 Å². The van der Waals surface area contributed by atoms with Crippen molar-refractivity contribution in [2.45, 2.75) is 18.9 Å². The summed E-state index contributed by atoms with van der Waals surface area (Å²) in [5.74, 6) is -0.139. The van der Waals surface area contributed by atoms with E-state index in [1.807, 2.05) is 0 Å². The molecular weight excluding hydrogens is 228 g/mol. The normalized spacial score (nSPS) is 19.7. The minimum atomic E-state index is -0.139. The Morgan fingerprint density at radius 2 is 2.56 bits per heavy atom. The Labute approximate surface area is 99.0 Å². The molecule has 0 bridgehead atoms. The van der Waals surface area contributed by atoms with Gasteiger partial charge in [0.05, 0.1) is 6.10 Å². The minimum Gasteiger partial charge on any atom is -0.376 e. The van der Waals surface area contributed by atoms with Gasteiger partial charge in [0.1, 0.15) is 5.15 Å². The number of pyridine rings is 1. The average Bonchev–Trinajstić information content (AvgIpc) is 2.78. The molecule has 1 aromatic heterocycles.